The summed E-state index contributed by atoms with van der Waals surface area (Å²) in [5.41, 5.74) is 5.31. The van der Waals surface area contributed by atoms with E-state index < -0.39 is 12.2 Å². The minimum atomic E-state index is -1.02. The molecule has 1 aliphatic heterocycles. The molecule has 1 saturated heterocycles. The van der Waals surface area contributed by atoms with Gasteiger partial charge in [-0.25, -0.2) is 4.39 Å². The van der Waals surface area contributed by atoms with Crippen LogP contribution in [0.1, 0.15) is 6.42 Å². The van der Waals surface area contributed by atoms with Crippen LogP contribution in [0.25, 0.3) is 0 Å². The Morgan fingerprint density at radius 3 is 2.90 bits per heavy atom. The van der Waals surface area contributed by atoms with Crippen molar-refractivity contribution in [1.82, 2.24) is 0 Å². The van der Waals surface area contributed by atoms with Gasteiger partial charge < -0.3 is 15.6 Å². The number of rotatable bonds is 1. The van der Waals surface area contributed by atoms with E-state index in [2.05, 4.69) is 0 Å². The van der Waals surface area contributed by atoms with Crippen molar-refractivity contribution in [3.8, 4) is 0 Å². The summed E-state index contributed by atoms with van der Waals surface area (Å²) in [5.74, 6) is 0. The Morgan fingerprint density at radius 1 is 1.70 bits per heavy atom. The molecule has 1 heterocycles. The first-order valence-electron chi connectivity index (χ1n) is 3.36. The van der Waals surface area contributed by atoms with Crippen molar-refractivity contribution in [2.45, 2.75) is 24.7 Å². The summed E-state index contributed by atoms with van der Waals surface area (Å²) < 4.78 is 17.7. The third-order valence-electron chi connectivity index (χ3n) is 1.68. The Morgan fingerprint density at radius 2 is 2.40 bits per heavy atom. The number of alkyl halides is 1. The number of hydrogen-bond donors (Lipinski definition) is 2. The van der Waals surface area contributed by atoms with Crippen molar-refractivity contribution in [2.75, 3.05) is 13.2 Å². The molecule has 0 radical (unpaired) electrons. The van der Waals surface area contributed by atoms with Gasteiger partial charge in [-0.1, -0.05) is 0 Å². The van der Waals surface area contributed by atoms with Crippen LogP contribution < -0.4 is 5.73 Å². The molecule has 0 bridgehead atoms. The second-order valence-electron chi connectivity index (χ2n) is 2.55. The van der Waals surface area contributed by atoms with Gasteiger partial charge in [-0.15, -0.1) is 0 Å². The van der Waals surface area contributed by atoms with Gasteiger partial charge in [0.15, 0.2) is 0 Å². The van der Waals surface area contributed by atoms with E-state index in [1.807, 2.05) is 0 Å². The second kappa shape index (κ2) is 3.27. The number of hydrogen-bond acceptors (Lipinski definition) is 3. The van der Waals surface area contributed by atoms with Crippen LogP contribution in [0.2, 0.25) is 0 Å². The summed E-state index contributed by atoms with van der Waals surface area (Å²) in [4.78, 5) is 0. The number of aliphatic hydroxyl groups is 1. The van der Waals surface area contributed by atoms with E-state index in [1.165, 1.54) is 0 Å². The third kappa shape index (κ3) is 1.65. The standard InChI is InChI=1S/C6H12FNO2/c7-5-1-4(2-9)10-3-6(5)8/h4-6,9H,1-3,8H2/t4-,5-,6-/m0/s1. The van der Waals surface area contributed by atoms with Gasteiger partial charge in [0.05, 0.1) is 25.4 Å². The first kappa shape index (κ1) is 7.91. The molecule has 4 heteroatoms. The van der Waals surface area contributed by atoms with Gasteiger partial charge >= 0.3 is 0 Å². The Bertz CT molecular complexity index is 112. The van der Waals surface area contributed by atoms with Crippen molar-refractivity contribution in [3.63, 3.8) is 0 Å². The molecule has 0 spiro atoms. The minimum absolute atomic E-state index is 0.118. The smallest absolute Gasteiger partial charge is 0.120 e. The predicted octanol–water partition coefficient (Wildman–Crippen LogP) is -0.567. The lowest BCUT2D eigenvalue weighted by Crippen LogP contribution is -2.45. The van der Waals surface area contributed by atoms with Gasteiger partial charge in [0.25, 0.3) is 0 Å². The maximum absolute atomic E-state index is 12.7. The summed E-state index contributed by atoms with van der Waals surface area (Å²) in [6.45, 7) is 0.0968. The molecule has 0 saturated carbocycles. The van der Waals surface area contributed by atoms with E-state index in [0.717, 1.165) is 0 Å². The highest BCUT2D eigenvalue weighted by Crippen LogP contribution is 2.15. The van der Waals surface area contributed by atoms with E-state index in [0.29, 0.717) is 0 Å². The van der Waals surface area contributed by atoms with E-state index in [9.17, 15) is 4.39 Å². The summed E-state index contributed by atoms with van der Waals surface area (Å²) in [5, 5.41) is 8.56. The fourth-order valence-corrected chi connectivity index (χ4v) is 0.973. The molecule has 0 aromatic rings. The summed E-state index contributed by atoms with van der Waals surface area (Å²) in [7, 11) is 0. The van der Waals surface area contributed by atoms with Crippen molar-refractivity contribution in [3.05, 3.63) is 0 Å². The van der Waals surface area contributed by atoms with Gasteiger partial charge in [-0.2, -0.15) is 0 Å². The van der Waals surface area contributed by atoms with Gasteiger partial charge in [0.1, 0.15) is 6.17 Å². The van der Waals surface area contributed by atoms with Gasteiger partial charge in [0.2, 0.25) is 0 Å². The summed E-state index contributed by atoms with van der Waals surface area (Å²) in [6.07, 6.45) is -1.15. The zero-order valence-electron chi connectivity index (χ0n) is 5.66. The number of ether oxygens (including phenoxy) is 1. The van der Waals surface area contributed by atoms with Crippen LogP contribution in [0.15, 0.2) is 0 Å². The Balaban J connectivity index is 2.33. The van der Waals surface area contributed by atoms with E-state index in [-0.39, 0.29) is 25.7 Å². The van der Waals surface area contributed by atoms with Crippen LogP contribution in [0.5, 0.6) is 0 Å². The van der Waals surface area contributed by atoms with Crippen molar-refractivity contribution in [1.29, 1.82) is 0 Å². The molecule has 0 aliphatic carbocycles. The Labute approximate surface area is 59.0 Å². The molecule has 1 fully saturated rings. The molecular weight excluding hydrogens is 137 g/mol. The number of halogens is 1. The molecule has 1 rings (SSSR count). The quantitative estimate of drug-likeness (QED) is 0.525. The van der Waals surface area contributed by atoms with Crippen LogP contribution in [0, 0.1) is 0 Å². The minimum Gasteiger partial charge on any atom is -0.394 e. The molecule has 0 aromatic heterocycles. The van der Waals surface area contributed by atoms with E-state index in [1.54, 1.807) is 0 Å². The van der Waals surface area contributed by atoms with E-state index >= 15 is 0 Å². The topological polar surface area (TPSA) is 55.5 Å². The summed E-state index contributed by atoms with van der Waals surface area (Å²) >= 11 is 0. The molecule has 3 N–H and O–H groups in total. The van der Waals surface area contributed by atoms with Crippen molar-refractivity contribution < 1.29 is 14.2 Å². The second-order valence-corrected chi connectivity index (χ2v) is 2.55. The molecule has 10 heavy (non-hydrogen) atoms. The Kier molecular flexibility index (Phi) is 2.59. The average molecular weight is 149 g/mol. The Hall–Kier alpha value is -0.190. The maximum atomic E-state index is 12.7. The highest BCUT2D eigenvalue weighted by Gasteiger charge is 2.27. The highest BCUT2D eigenvalue weighted by atomic mass is 19.1. The predicted molar refractivity (Wildman–Crippen MR) is 34.3 cm³/mol. The lowest BCUT2D eigenvalue weighted by atomic mass is 10.0. The molecule has 0 aromatic carbocycles. The van der Waals surface area contributed by atoms with Crippen LogP contribution in [-0.4, -0.2) is 36.6 Å². The molecular formula is C6H12FNO2. The molecule has 0 amide bonds. The largest absolute Gasteiger partial charge is 0.394 e. The lowest BCUT2D eigenvalue weighted by Gasteiger charge is -2.28. The van der Waals surface area contributed by atoms with Gasteiger partial charge in [-0.05, 0) is 0 Å². The van der Waals surface area contributed by atoms with Crippen LogP contribution >= 0.6 is 0 Å². The van der Waals surface area contributed by atoms with Crippen LogP contribution in [0.3, 0.4) is 0 Å². The number of nitrogens with two attached hydrogens (primary N) is 1. The lowest BCUT2D eigenvalue weighted by molar-refractivity contribution is -0.0545. The highest BCUT2D eigenvalue weighted by molar-refractivity contribution is 4.80. The third-order valence-corrected chi connectivity index (χ3v) is 1.68. The first-order valence-corrected chi connectivity index (χ1v) is 3.36. The fraction of sp³-hybridized carbons (Fsp3) is 1.00. The molecule has 60 valence electrons. The van der Waals surface area contributed by atoms with Crippen LogP contribution in [-0.2, 0) is 4.74 Å². The molecule has 3 atom stereocenters. The SMILES string of the molecule is N[C@H]1CO[C@H](CO)C[C@@H]1F. The van der Waals surface area contributed by atoms with Gasteiger partial charge in [-0.3, -0.25) is 0 Å². The first-order chi connectivity index (χ1) is 4.74. The zero-order valence-corrected chi connectivity index (χ0v) is 5.66. The maximum Gasteiger partial charge on any atom is 0.120 e. The molecule has 3 nitrogen and oxygen atoms in total. The monoisotopic (exact) mass is 149 g/mol. The molecule has 0 unspecified atom stereocenters. The van der Waals surface area contributed by atoms with Crippen LogP contribution in [0.4, 0.5) is 4.39 Å². The fourth-order valence-electron chi connectivity index (χ4n) is 0.973. The van der Waals surface area contributed by atoms with Gasteiger partial charge in [0, 0.05) is 6.42 Å². The van der Waals surface area contributed by atoms with Crippen molar-refractivity contribution in [2.24, 2.45) is 5.73 Å². The number of aliphatic hydroxyl groups excluding tert-OH is 1. The average Bonchev–Trinajstić information content (AvgIpc) is 1.95. The zero-order chi connectivity index (χ0) is 7.56. The normalized spacial score (nSPS) is 41.7. The summed E-state index contributed by atoms with van der Waals surface area (Å²) in [6, 6.07) is -0.511. The van der Waals surface area contributed by atoms with E-state index in [4.69, 9.17) is 15.6 Å². The van der Waals surface area contributed by atoms with Crippen molar-refractivity contribution >= 4 is 0 Å². The molecule has 1 aliphatic rings.